The molecule has 0 unspecified atom stereocenters. The molecule has 0 radical (unpaired) electrons. The molecule has 0 atom stereocenters. The lowest BCUT2D eigenvalue weighted by molar-refractivity contribution is 0.575. The molecule has 1 aromatic rings. The maximum atomic E-state index is 4.63. The Balaban J connectivity index is 2.65. The van der Waals surface area contributed by atoms with Gasteiger partial charge in [-0.1, -0.05) is 13.8 Å². The zero-order chi connectivity index (χ0) is 12.8. The van der Waals surface area contributed by atoms with Crippen molar-refractivity contribution in [2.75, 3.05) is 12.0 Å². The number of hydrogen-bond donors (Lipinski definition) is 1. The van der Waals surface area contributed by atoms with Crippen LogP contribution in [-0.2, 0) is 13.1 Å². The van der Waals surface area contributed by atoms with E-state index in [2.05, 4.69) is 49.0 Å². The van der Waals surface area contributed by atoms with Crippen molar-refractivity contribution in [3.63, 3.8) is 0 Å². The van der Waals surface area contributed by atoms with Gasteiger partial charge in [0.2, 0.25) is 0 Å². The Kier molecular flexibility index (Phi) is 6.06. The zero-order valence-corrected chi connectivity index (χ0v) is 12.5. The lowest BCUT2D eigenvalue weighted by Gasteiger charge is -2.09. The topological polar surface area (TPSA) is 29.9 Å². The van der Waals surface area contributed by atoms with Crippen LogP contribution < -0.4 is 5.32 Å². The molecule has 1 N–H and O–H groups in total. The van der Waals surface area contributed by atoms with E-state index in [-0.39, 0.29) is 0 Å². The molecule has 0 spiro atoms. The summed E-state index contributed by atoms with van der Waals surface area (Å²) in [5.41, 5.74) is 3.85. The molecular weight excluding hydrogens is 230 g/mol. The Labute approximate surface area is 109 Å². The molecule has 98 valence electrons. The van der Waals surface area contributed by atoms with Crippen molar-refractivity contribution in [3.8, 4) is 0 Å². The molecule has 17 heavy (non-hydrogen) atoms. The normalized spacial score (nSPS) is 11.4. The van der Waals surface area contributed by atoms with Crippen LogP contribution in [0.25, 0.3) is 0 Å². The third kappa shape index (κ3) is 4.36. The Bertz CT molecular complexity index is 345. The minimum atomic E-state index is 0.522. The fraction of sp³-hybridized carbons (Fsp3) is 0.769. The van der Waals surface area contributed by atoms with E-state index < -0.39 is 0 Å². The lowest BCUT2D eigenvalue weighted by atomic mass is 10.2. The summed E-state index contributed by atoms with van der Waals surface area (Å²) in [4.78, 5) is 0. The lowest BCUT2D eigenvalue weighted by Crippen LogP contribution is -2.22. The molecule has 0 bridgehead atoms. The summed E-state index contributed by atoms with van der Waals surface area (Å²) in [5, 5.41) is 8.09. The van der Waals surface area contributed by atoms with Crippen molar-refractivity contribution in [1.29, 1.82) is 0 Å². The maximum absolute atomic E-state index is 4.63. The Morgan fingerprint density at radius 3 is 2.65 bits per heavy atom. The fourth-order valence-electron chi connectivity index (χ4n) is 1.87. The zero-order valence-electron chi connectivity index (χ0n) is 11.7. The van der Waals surface area contributed by atoms with Crippen LogP contribution >= 0.6 is 11.8 Å². The van der Waals surface area contributed by atoms with E-state index in [1.807, 2.05) is 11.8 Å². The number of rotatable bonds is 7. The number of hydrogen-bond acceptors (Lipinski definition) is 3. The summed E-state index contributed by atoms with van der Waals surface area (Å²) in [6.45, 7) is 10.6. The van der Waals surface area contributed by atoms with Crippen LogP contribution in [0.4, 0.5) is 0 Å². The summed E-state index contributed by atoms with van der Waals surface area (Å²) >= 11 is 1.90. The Morgan fingerprint density at radius 1 is 1.35 bits per heavy atom. The highest BCUT2D eigenvalue weighted by atomic mass is 32.2. The van der Waals surface area contributed by atoms with Crippen LogP contribution in [-0.4, -0.2) is 27.8 Å². The summed E-state index contributed by atoms with van der Waals surface area (Å²) in [7, 11) is 0. The van der Waals surface area contributed by atoms with E-state index in [1.54, 1.807) is 0 Å². The minimum Gasteiger partial charge on any atom is -0.310 e. The van der Waals surface area contributed by atoms with Gasteiger partial charge in [0.25, 0.3) is 0 Å². The number of nitrogens with zero attached hydrogens (tertiary/aromatic N) is 2. The van der Waals surface area contributed by atoms with Crippen LogP contribution in [0.15, 0.2) is 0 Å². The molecule has 1 rings (SSSR count). The van der Waals surface area contributed by atoms with Gasteiger partial charge in [-0.05, 0) is 32.3 Å². The van der Waals surface area contributed by atoms with Crippen LogP contribution in [0.3, 0.4) is 0 Å². The molecule has 0 aromatic carbocycles. The van der Waals surface area contributed by atoms with E-state index in [9.17, 15) is 0 Å². The third-order valence-corrected chi connectivity index (χ3v) is 3.63. The molecule has 0 aliphatic carbocycles. The summed E-state index contributed by atoms with van der Waals surface area (Å²) in [5.74, 6) is 1.21. The first-order chi connectivity index (χ1) is 8.06. The predicted octanol–water partition coefficient (Wildman–Crippen LogP) is 2.75. The standard InChI is InChI=1S/C13H25N3S/c1-10(2)14-9-13-11(3)15-16(12(13)4)7-6-8-17-5/h10,14H,6-9H2,1-5H3. The molecule has 0 saturated heterocycles. The van der Waals surface area contributed by atoms with Crippen LogP contribution in [0.1, 0.15) is 37.2 Å². The molecule has 0 aliphatic rings. The summed E-state index contributed by atoms with van der Waals surface area (Å²) in [6.07, 6.45) is 3.35. The molecule has 0 aliphatic heterocycles. The van der Waals surface area contributed by atoms with Crippen molar-refractivity contribution in [3.05, 3.63) is 17.0 Å². The van der Waals surface area contributed by atoms with Gasteiger partial charge in [0, 0.05) is 30.4 Å². The highest BCUT2D eigenvalue weighted by molar-refractivity contribution is 7.98. The number of thioether (sulfide) groups is 1. The average molecular weight is 255 g/mol. The van der Waals surface area contributed by atoms with E-state index in [4.69, 9.17) is 0 Å². The van der Waals surface area contributed by atoms with Gasteiger partial charge >= 0.3 is 0 Å². The smallest absolute Gasteiger partial charge is 0.0641 e. The second-order valence-corrected chi connectivity index (χ2v) is 5.74. The molecule has 4 heteroatoms. The van der Waals surface area contributed by atoms with Gasteiger partial charge in [0.15, 0.2) is 0 Å². The minimum absolute atomic E-state index is 0.522. The van der Waals surface area contributed by atoms with E-state index in [0.29, 0.717) is 6.04 Å². The van der Waals surface area contributed by atoms with Crippen molar-refractivity contribution < 1.29 is 0 Å². The van der Waals surface area contributed by atoms with Crippen LogP contribution in [0.5, 0.6) is 0 Å². The second kappa shape index (κ2) is 7.07. The van der Waals surface area contributed by atoms with Gasteiger partial charge < -0.3 is 5.32 Å². The quantitative estimate of drug-likeness (QED) is 0.760. The number of aryl methyl sites for hydroxylation is 2. The number of nitrogens with one attached hydrogen (secondary N) is 1. The van der Waals surface area contributed by atoms with Gasteiger partial charge in [-0.3, -0.25) is 4.68 Å². The SMILES string of the molecule is CSCCCn1nc(C)c(CNC(C)C)c1C. The predicted molar refractivity (Wildman–Crippen MR) is 76.7 cm³/mol. The van der Waals surface area contributed by atoms with Gasteiger partial charge in [0.05, 0.1) is 5.69 Å². The van der Waals surface area contributed by atoms with Crippen molar-refractivity contribution in [2.45, 2.75) is 53.2 Å². The summed E-state index contributed by atoms with van der Waals surface area (Å²) < 4.78 is 2.16. The van der Waals surface area contributed by atoms with Crippen molar-refractivity contribution >= 4 is 11.8 Å². The van der Waals surface area contributed by atoms with E-state index in [0.717, 1.165) is 13.1 Å². The average Bonchev–Trinajstić information content (AvgIpc) is 2.52. The Hall–Kier alpha value is -0.480. The van der Waals surface area contributed by atoms with Gasteiger partial charge in [-0.25, -0.2) is 0 Å². The molecule has 0 saturated carbocycles. The molecule has 0 fully saturated rings. The number of aromatic nitrogens is 2. The van der Waals surface area contributed by atoms with Gasteiger partial charge in [0.1, 0.15) is 0 Å². The Morgan fingerprint density at radius 2 is 2.06 bits per heavy atom. The highest BCUT2D eigenvalue weighted by Crippen LogP contribution is 2.13. The maximum Gasteiger partial charge on any atom is 0.0641 e. The third-order valence-electron chi connectivity index (χ3n) is 2.94. The first kappa shape index (κ1) is 14.6. The van der Waals surface area contributed by atoms with Crippen molar-refractivity contribution in [1.82, 2.24) is 15.1 Å². The summed E-state index contributed by atoms with van der Waals surface area (Å²) in [6, 6.07) is 0.522. The van der Waals surface area contributed by atoms with Crippen molar-refractivity contribution in [2.24, 2.45) is 0 Å². The van der Waals surface area contributed by atoms with E-state index in [1.165, 1.54) is 29.1 Å². The first-order valence-electron chi connectivity index (χ1n) is 6.31. The second-order valence-electron chi connectivity index (χ2n) is 4.75. The fourth-order valence-corrected chi connectivity index (χ4v) is 2.29. The monoisotopic (exact) mass is 255 g/mol. The van der Waals surface area contributed by atoms with Gasteiger partial charge in [-0.15, -0.1) is 0 Å². The molecule has 1 aromatic heterocycles. The first-order valence-corrected chi connectivity index (χ1v) is 7.70. The van der Waals surface area contributed by atoms with Crippen LogP contribution in [0.2, 0.25) is 0 Å². The van der Waals surface area contributed by atoms with E-state index >= 15 is 0 Å². The largest absolute Gasteiger partial charge is 0.310 e. The molecule has 1 heterocycles. The molecule has 3 nitrogen and oxygen atoms in total. The van der Waals surface area contributed by atoms with Crippen LogP contribution in [0, 0.1) is 13.8 Å². The highest BCUT2D eigenvalue weighted by Gasteiger charge is 2.11. The molecular formula is C13H25N3S. The molecule has 0 amide bonds. The van der Waals surface area contributed by atoms with Gasteiger partial charge in [-0.2, -0.15) is 16.9 Å².